The van der Waals surface area contributed by atoms with Crippen LogP contribution in [-0.2, 0) is 4.79 Å². The van der Waals surface area contributed by atoms with E-state index in [1.807, 2.05) is 13.0 Å². The Hall–Kier alpha value is -2.17. The molecule has 0 saturated heterocycles. The smallest absolute Gasteiger partial charge is 0.304 e. The Morgan fingerprint density at radius 3 is 2.82 bits per heavy atom. The molecule has 0 bridgehead atoms. The summed E-state index contributed by atoms with van der Waals surface area (Å²) < 4.78 is 5.48. The minimum absolute atomic E-state index is 0.0516. The number of carboxylic acids is 1. The summed E-state index contributed by atoms with van der Waals surface area (Å²) in [5.74, 6) is 0.111. The third-order valence-corrected chi connectivity index (χ3v) is 2.45. The van der Waals surface area contributed by atoms with Crippen LogP contribution in [0.1, 0.15) is 29.6 Å². The molecule has 5 heteroatoms. The number of hydrogen-bond donors (Lipinski definition) is 1. The van der Waals surface area contributed by atoms with Crippen LogP contribution in [0.25, 0.3) is 0 Å². The van der Waals surface area contributed by atoms with Gasteiger partial charge in [0.25, 0.3) is 0 Å². The van der Waals surface area contributed by atoms with Crippen molar-refractivity contribution in [2.75, 3.05) is 0 Å². The summed E-state index contributed by atoms with van der Waals surface area (Å²) in [5.41, 5.74) is 0.650. The molecule has 88 valence electrons. The van der Waals surface area contributed by atoms with E-state index in [-0.39, 0.29) is 12.3 Å². The van der Waals surface area contributed by atoms with E-state index in [0.717, 1.165) is 5.76 Å². The van der Waals surface area contributed by atoms with Crippen LogP contribution in [0.15, 0.2) is 35.1 Å². The van der Waals surface area contributed by atoms with Crippen molar-refractivity contribution in [1.82, 2.24) is 9.97 Å². The maximum absolute atomic E-state index is 10.9. The lowest BCUT2D eigenvalue weighted by Crippen LogP contribution is -2.08. The standard InChI is InChI=1S/C12H12N2O3/c1-8-2-3-11(17-8)9(6-12(15)16)10-4-5-13-7-14-10/h2-5,7,9H,6H2,1H3,(H,15,16). The quantitative estimate of drug-likeness (QED) is 0.872. The Morgan fingerprint density at radius 2 is 2.29 bits per heavy atom. The summed E-state index contributed by atoms with van der Waals surface area (Å²) >= 11 is 0. The lowest BCUT2D eigenvalue weighted by molar-refractivity contribution is -0.137. The zero-order valence-corrected chi connectivity index (χ0v) is 9.33. The molecule has 0 spiro atoms. The van der Waals surface area contributed by atoms with Crippen molar-refractivity contribution in [3.05, 3.63) is 47.9 Å². The SMILES string of the molecule is Cc1ccc(C(CC(=O)O)c2ccncn2)o1. The number of aromatic nitrogens is 2. The van der Waals surface area contributed by atoms with Gasteiger partial charge in [0.2, 0.25) is 0 Å². The molecule has 2 aromatic rings. The van der Waals surface area contributed by atoms with Gasteiger partial charge in [-0.2, -0.15) is 0 Å². The van der Waals surface area contributed by atoms with E-state index in [1.165, 1.54) is 6.33 Å². The molecule has 0 amide bonds. The van der Waals surface area contributed by atoms with Gasteiger partial charge < -0.3 is 9.52 Å². The fourth-order valence-corrected chi connectivity index (χ4v) is 1.67. The molecular weight excluding hydrogens is 220 g/mol. The van der Waals surface area contributed by atoms with Gasteiger partial charge in [0.05, 0.1) is 18.0 Å². The molecular formula is C12H12N2O3. The first-order chi connectivity index (χ1) is 8.16. The van der Waals surface area contributed by atoms with Crippen molar-refractivity contribution in [2.24, 2.45) is 0 Å². The second-order valence-electron chi connectivity index (χ2n) is 3.73. The van der Waals surface area contributed by atoms with Gasteiger partial charge in [0.1, 0.15) is 17.8 Å². The average molecular weight is 232 g/mol. The van der Waals surface area contributed by atoms with Crippen LogP contribution in [0.2, 0.25) is 0 Å². The van der Waals surface area contributed by atoms with Crippen LogP contribution < -0.4 is 0 Å². The maximum Gasteiger partial charge on any atom is 0.304 e. The third-order valence-electron chi connectivity index (χ3n) is 2.45. The number of nitrogens with zero attached hydrogens (tertiary/aromatic N) is 2. The number of aryl methyl sites for hydroxylation is 1. The van der Waals surface area contributed by atoms with Gasteiger partial charge in [-0.1, -0.05) is 0 Å². The molecule has 1 atom stereocenters. The van der Waals surface area contributed by atoms with Gasteiger partial charge in [-0.05, 0) is 25.1 Å². The van der Waals surface area contributed by atoms with Gasteiger partial charge in [-0.25, -0.2) is 9.97 Å². The normalized spacial score (nSPS) is 12.3. The Kier molecular flexibility index (Phi) is 3.18. The summed E-state index contributed by atoms with van der Waals surface area (Å²) in [6.07, 6.45) is 2.94. The lowest BCUT2D eigenvalue weighted by atomic mass is 9.98. The topological polar surface area (TPSA) is 76.2 Å². The summed E-state index contributed by atoms with van der Waals surface area (Å²) in [6, 6.07) is 5.29. The molecule has 2 aromatic heterocycles. The first-order valence-electron chi connectivity index (χ1n) is 5.21. The van der Waals surface area contributed by atoms with Crippen molar-refractivity contribution >= 4 is 5.97 Å². The van der Waals surface area contributed by atoms with Crippen LogP contribution in [0.3, 0.4) is 0 Å². The van der Waals surface area contributed by atoms with E-state index in [4.69, 9.17) is 9.52 Å². The van der Waals surface area contributed by atoms with Crippen molar-refractivity contribution in [3.63, 3.8) is 0 Å². The van der Waals surface area contributed by atoms with Crippen LogP contribution in [0, 0.1) is 6.92 Å². The van der Waals surface area contributed by atoms with E-state index in [1.54, 1.807) is 18.3 Å². The number of aliphatic carboxylic acids is 1. The molecule has 0 aromatic carbocycles. The van der Waals surface area contributed by atoms with E-state index in [2.05, 4.69) is 9.97 Å². The van der Waals surface area contributed by atoms with Crippen LogP contribution in [0.4, 0.5) is 0 Å². The molecule has 5 nitrogen and oxygen atoms in total. The molecule has 17 heavy (non-hydrogen) atoms. The van der Waals surface area contributed by atoms with Crippen molar-refractivity contribution < 1.29 is 14.3 Å². The van der Waals surface area contributed by atoms with E-state index < -0.39 is 5.97 Å². The fourth-order valence-electron chi connectivity index (χ4n) is 1.67. The van der Waals surface area contributed by atoms with Gasteiger partial charge in [-0.15, -0.1) is 0 Å². The molecule has 0 saturated carbocycles. The second-order valence-corrected chi connectivity index (χ2v) is 3.73. The molecule has 1 N–H and O–H groups in total. The molecule has 0 radical (unpaired) electrons. The lowest BCUT2D eigenvalue weighted by Gasteiger charge is -2.10. The van der Waals surface area contributed by atoms with Gasteiger partial charge in [0.15, 0.2) is 0 Å². The highest BCUT2D eigenvalue weighted by molar-refractivity contribution is 5.68. The highest BCUT2D eigenvalue weighted by Gasteiger charge is 2.22. The third kappa shape index (κ3) is 2.69. The summed E-state index contributed by atoms with van der Waals surface area (Å²) in [4.78, 5) is 18.8. The van der Waals surface area contributed by atoms with Gasteiger partial charge in [-0.3, -0.25) is 4.79 Å². The molecule has 0 aliphatic carbocycles. The van der Waals surface area contributed by atoms with Crippen LogP contribution in [0.5, 0.6) is 0 Å². The monoisotopic (exact) mass is 232 g/mol. The Labute approximate surface area is 98.1 Å². The minimum atomic E-state index is -0.886. The number of hydrogen-bond acceptors (Lipinski definition) is 4. The predicted octanol–water partition coefficient (Wildman–Crippen LogP) is 1.98. The molecule has 1 unspecified atom stereocenters. The van der Waals surface area contributed by atoms with E-state index in [9.17, 15) is 4.79 Å². The van der Waals surface area contributed by atoms with Crippen LogP contribution >= 0.6 is 0 Å². The zero-order chi connectivity index (χ0) is 12.3. The fraction of sp³-hybridized carbons (Fsp3) is 0.250. The number of carbonyl (C=O) groups is 1. The highest BCUT2D eigenvalue weighted by Crippen LogP contribution is 2.27. The Morgan fingerprint density at radius 1 is 1.47 bits per heavy atom. The maximum atomic E-state index is 10.9. The predicted molar refractivity (Wildman–Crippen MR) is 59.6 cm³/mol. The van der Waals surface area contributed by atoms with E-state index >= 15 is 0 Å². The van der Waals surface area contributed by atoms with Crippen molar-refractivity contribution in [1.29, 1.82) is 0 Å². The molecule has 0 fully saturated rings. The van der Waals surface area contributed by atoms with Gasteiger partial charge >= 0.3 is 5.97 Å². The molecule has 2 rings (SSSR count). The van der Waals surface area contributed by atoms with Crippen LogP contribution in [-0.4, -0.2) is 21.0 Å². The number of furan rings is 1. The molecule has 2 heterocycles. The first kappa shape index (κ1) is 11.3. The van der Waals surface area contributed by atoms with Crippen molar-refractivity contribution in [2.45, 2.75) is 19.3 Å². The Bertz CT molecular complexity index is 507. The number of carboxylic acid groups (broad SMARTS) is 1. The zero-order valence-electron chi connectivity index (χ0n) is 9.33. The Balaban J connectivity index is 2.35. The number of rotatable bonds is 4. The first-order valence-corrected chi connectivity index (χ1v) is 5.21. The largest absolute Gasteiger partial charge is 0.481 e. The van der Waals surface area contributed by atoms with Gasteiger partial charge in [0, 0.05) is 6.20 Å². The van der Waals surface area contributed by atoms with E-state index in [0.29, 0.717) is 11.5 Å². The summed E-state index contributed by atoms with van der Waals surface area (Å²) in [5, 5.41) is 8.93. The summed E-state index contributed by atoms with van der Waals surface area (Å²) in [6.45, 7) is 1.82. The molecule has 0 aliphatic rings. The average Bonchev–Trinajstić information content (AvgIpc) is 2.73. The van der Waals surface area contributed by atoms with Crippen molar-refractivity contribution in [3.8, 4) is 0 Å². The minimum Gasteiger partial charge on any atom is -0.481 e. The molecule has 0 aliphatic heterocycles. The highest BCUT2D eigenvalue weighted by atomic mass is 16.4. The second kappa shape index (κ2) is 4.78. The summed E-state index contributed by atoms with van der Waals surface area (Å²) in [7, 11) is 0.